The molecule has 41 heavy (non-hydrogen) atoms. The summed E-state index contributed by atoms with van der Waals surface area (Å²) < 4.78 is 11.4. The van der Waals surface area contributed by atoms with Gasteiger partial charge in [-0.2, -0.15) is 0 Å². The van der Waals surface area contributed by atoms with Crippen molar-refractivity contribution in [1.82, 2.24) is 20.5 Å². The molecule has 5 rings (SSSR count). The van der Waals surface area contributed by atoms with Crippen LogP contribution in [0.5, 0.6) is 5.75 Å². The number of amides is 2. The van der Waals surface area contributed by atoms with Crippen LogP contribution < -0.4 is 20.3 Å². The first-order chi connectivity index (χ1) is 20.1. The third-order valence-electron chi connectivity index (χ3n) is 7.67. The number of aromatic nitrogens is 1. The van der Waals surface area contributed by atoms with Crippen molar-refractivity contribution in [1.29, 1.82) is 0 Å². The third-order valence-corrected chi connectivity index (χ3v) is 7.67. The summed E-state index contributed by atoms with van der Waals surface area (Å²) in [6, 6.07) is 21.4. The van der Waals surface area contributed by atoms with Gasteiger partial charge in [-0.25, -0.2) is 9.78 Å². The molecule has 2 aliphatic rings. The van der Waals surface area contributed by atoms with Gasteiger partial charge in [0.05, 0.1) is 18.0 Å². The topological polar surface area (TPSA) is 96.0 Å². The van der Waals surface area contributed by atoms with Crippen LogP contribution in [-0.4, -0.2) is 73.3 Å². The van der Waals surface area contributed by atoms with Crippen LogP contribution in [0.3, 0.4) is 0 Å². The lowest BCUT2D eigenvalue weighted by Crippen LogP contribution is -2.52. The fourth-order valence-corrected chi connectivity index (χ4v) is 5.51. The van der Waals surface area contributed by atoms with Crippen molar-refractivity contribution >= 4 is 17.7 Å². The molecule has 3 heterocycles. The molecule has 9 heteroatoms. The zero-order valence-corrected chi connectivity index (χ0v) is 23.8. The quantitative estimate of drug-likeness (QED) is 0.401. The van der Waals surface area contributed by atoms with E-state index in [0.717, 1.165) is 48.6 Å². The van der Waals surface area contributed by atoms with Gasteiger partial charge < -0.3 is 29.9 Å². The fraction of sp³-hybridized carbons (Fsp3) is 0.406. The lowest BCUT2D eigenvalue weighted by molar-refractivity contribution is 0.0918. The molecular formula is C32H39N5O4. The van der Waals surface area contributed by atoms with Crippen LogP contribution in [0.4, 0.5) is 10.5 Å². The maximum Gasteiger partial charge on any atom is 0.410 e. The number of rotatable bonds is 9. The van der Waals surface area contributed by atoms with Gasteiger partial charge in [-0.05, 0) is 49.6 Å². The van der Waals surface area contributed by atoms with Gasteiger partial charge in [0.25, 0.3) is 5.91 Å². The number of likely N-dealkylation sites (tertiary alicyclic amines) is 1. The predicted molar refractivity (Wildman–Crippen MR) is 159 cm³/mol. The monoisotopic (exact) mass is 557 g/mol. The van der Waals surface area contributed by atoms with Gasteiger partial charge >= 0.3 is 6.09 Å². The number of nitrogens with one attached hydrogen (secondary N) is 2. The molecule has 3 aromatic rings. The highest BCUT2D eigenvalue weighted by molar-refractivity contribution is 5.99. The summed E-state index contributed by atoms with van der Waals surface area (Å²) in [5, 5.41) is 6.62. The molecule has 0 bridgehead atoms. The molecule has 0 unspecified atom stereocenters. The number of para-hydroxylation sites is 1. The van der Waals surface area contributed by atoms with Crippen LogP contribution in [0, 0.1) is 0 Å². The summed E-state index contributed by atoms with van der Waals surface area (Å²) in [7, 11) is 0. The van der Waals surface area contributed by atoms with E-state index < -0.39 is 0 Å². The minimum atomic E-state index is -0.370. The van der Waals surface area contributed by atoms with Gasteiger partial charge in [0.1, 0.15) is 12.4 Å². The van der Waals surface area contributed by atoms with Crippen LogP contribution in [0.2, 0.25) is 0 Å². The van der Waals surface area contributed by atoms with Crippen LogP contribution >= 0.6 is 0 Å². The van der Waals surface area contributed by atoms with Gasteiger partial charge in [0.15, 0.2) is 5.69 Å². The molecular weight excluding hydrogens is 518 g/mol. The second-order valence-electron chi connectivity index (χ2n) is 10.4. The van der Waals surface area contributed by atoms with Crippen molar-refractivity contribution in [3.8, 4) is 17.0 Å². The van der Waals surface area contributed by atoms with E-state index in [4.69, 9.17) is 14.5 Å². The number of anilines is 1. The van der Waals surface area contributed by atoms with E-state index in [2.05, 4.69) is 22.5 Å². The molecule has 2 amide bonds. The number of carbonyl (C=O) groups excluding carboxylic acids is 2. The third kappa shape index (κ3) is 6.79. The average Bonchev–Trinajstić information content (AvgIpc) is 3.49. The van der Waals surface area contributed by atoms with Gasteiger partial charge in [0.2, 0.25) is 0 Å². The summed E-state index contributed by atoms with van der Waals surface area (Å²) in [5.41, 5.74) is 3.68. The Kier molecular flexibility index (Phi) is 9.36. The molecule has 0 aliphatic carbocycles. The number of ether oxygens (including phenoxy) is 2. The highest BCUT2D eigenvalue weighted by Gasteiger charge is 2.31. The summed E-state index contributed by atoms with van der Waals surface area (Å²) >= 11 is 0. The largest absolute Gasteiger partial charge is 0.493 e. The molecule has 2 saturated heterocycles. The molecule has 2 aliphatic heterocycles. The second kappa shape index (κ2) is 13.5. The number of benzene rings is 2. The van der Waals surface area contributed by atoms with E-state index in [1.54, 1.807) is 4.90 Å². The van der Waals surface area contributed by atoms with Crippen molar-refractivity contribution in [3.05, 3.63) is 78.0 Å². The minimum absolute atomic E-state index is 0.189. The number of carbonyl (C=O) groups is 2. The summed E-state index contributed by atoms with van der Waals surface area (Å²) in [6.45, 7) is 8.28. The SMILES string of the molecule is CCOc1ccccc1-c1ccc(N2CCNC[C@H]2CC)c(C(=O)N[C@@H]2CCN(C(=O)OCc3ccccc3)C2)n1. The molecule has 1 aromatic heterocycles. The van der Waals surface area contributed by atoms with E-state index >= 15 is 0 Å². The van der Waals surface area contributed by atoms with Gasteiger partial charge in [-0.15, -0.1) is 0 Å². The summed E-state index contributed by atoms with van der Waals surface area (Å²) in [5.74, 6) is 0.490. The Morgan fingerprint density at radius 1 is 1.02 bits per heavy atom. The predicted octanol–water partition coefficient (Wildman–Crippen LogP) is 4.48. The smallest absolute Gasteiger partial charge is 0.410 e. The highest BCUT2D eigenvalue weighted by Crippen LogP contribution is 2.32. The number of nitrogens with zero attached hydrogens (tertiary/aromatic N) is 3. The molecule has 0 radical (unpaired) electrons. The van der Waals surface area contributed by atoms with E-state index in [0.29, 0.717) is 37.5 Å². The number of hydrogen-bond acceptors (Lipinski definition) is 7. The zero-order chi connectivity index (χ0) is 28.6. The van der Waals surface area contributed by atoms with E-state index in [-0.39, 0.29) is 30.7 Å². The number of piperazine rings is 1. The first-order valence-corrected chi connectivity index (χ1v) is 14.5. The molecule has 216 valence electrons. The van der Waals surface area contributed by atoms with Gasteiger partial charge in [-0.1, -0.05) is 49.4 Å². The Bertz CT molecular complexity index is 1330. The zero-order valence-electron chi connectivity index (χ0n) is 23.8. The van der Waals surface area contributed by atoms with Crippen LogP contribution in [-0.2, 0) is 11.3 Å². The van der Waals surface area contributed by atoms with Crippen molar-refractivity contribution in [2.24, 2.45) is 0 Å². The molecule has 2 atom stereocenters. The fourth-order valence-electron chi connectivity index (χ4n) is 5.51. The van der Waals surface area contributed by atoms with Crippen LogP contribution in [0.1, 0.15) is 42.7 Å². The molecule has 0 saturated carbocycles. The van der Waals surface area contributed by atoms with Gasteiger partial charge in [-0.3, -0.25) is 4.79 Å². The average molecular weight is 558 g/mol. The summed E-state index contributed by atoms with van der Waals surface area (Å²) in [4.78, 5) is 35.4. The minimum Gasteiger partial charge on any atom is -0.493 e. The highest BCUT2D eigenvalue weighted by atomic mass is 16.6. The van der Waals surface area contributed by atoms with Crippen molar-refractivity contribution in [2.75, 3.05) is 44.2 Å². The maximum atomic E-state index is 13.9. The maximum absolute atomic E-state index is 13.9. The number of pyridine rings is 1. The van der Waals surface area contributed by atoms with Crippen LogP contribution in [0.15, 0.2) is 66.7 Å². The van der Waals surface area contributed by atoms with E-state index in [1.807, 2.05) is 73.7 Å². The molecule has 2 fully saturated rings. The lowest BCUT2D eigenvalue weighted by Gasteiger charge is -2.38. The van der Waals surface area contributed by atoms with E-state index in [1.165, 1.54) is 0 Å². The standard InChI is InChI=1S/C32H39N5O4/c1-3-25-20-33-17-19-37(25)28-15-14-27(26-12-8-9-13-29(26)40-4-2)35-30(28)31(38)34-24-16-18-36(21-24)32(39)41-22-23-10-6-5-7-11-23/h5-15,24-25,33H,3-4,16-22H2,1-2H3,(H,34,38)/t24-,25-/m1/s1. The van der Waals surface area contributed by atoms with Crippen LogP contribution in [0.25, 0.3) is 11.3 Å². The first kappa shape index (κ1) is 28.4. The van der Waals surface area contributed by atoms with Gasteiger partial charge in [0, 0.05) is 50.4 Å². The second-order valence-corrected chi connectivity index (χ2v) is 10.4. The molecule has 9 nitrogen and oxygen atoms in total. The number of hydrogen-bond donors (Lipinski definition) is 2. The Morgan fingerprint density at radius 3 is 2.63 bits per heavy atom. The molecule has 2 N–H and O–H groups in total. The Morgan fingerprint density at radius 2 is 1.83 bits per heavy atom. The summed E-state index contributed by atoms with van der Waals surface area (Å²) in [6.07, 6.45) is 1.23. The molecule has 2 aromatic carbocycles. The Hall–Kier alpha value is -4.11. The Labute approximate surface area is 241 Å². The Balaban J connectivity index is 1.34. The van der Waals surface area contributed by atoms with Crippen molar-refractivity contribution in [3.63, 3.8) is 0 Å². The molecule has 0 spiro atoms. The van der Waals surface area contributed by atoms with E-state index in [9.17, 15) is 9.59 Å². The van der Waals surface area contributed by atoms with Crippen molar-refractivity contribution < 1.29 is 19.1 Å². The normalized spacial score (nSPS) is 18.7. The lowest BCUT2D eigenvalue weighted by atomic mass is 10.1. The van der Waals surface area contributed by atoms with Crippen molar-refractivity contribution in [2.45, 2.75) is 45.4 Å². The first-order valence-electron chi connectivity index (χ1n) is 14.5.